The van der Waals surface area contributed by atoms with Crippen LogP contribution in [0.25, 0.3) is 11.0 Å². The minimum absolute atomic E-state index is 0.338. The van der Waals surface area contributed by atoms with E-state index in [1.54, 1.807) is 6.92 Å². The van der Waals surface area contributed by atoms with Crippen LogP contribution in [0.3, 0.4) is 0 Å². The smallest absolute Gasteiger partial charge is 0.326 e. The van der Waals surface area contributed by atoms with E-state index in [0.29, 0.717) is 18.6 Å². The van der Waals surface area contributed by atoms with Crippen LogP contribution in [-0.2, 0) is 9.59 Å². The highest BCUT2D eigenvalue weighted by molar-refractivity contribution is 5.88. The molecule has 2 aromatic rings. The Morgan fingerprint density at radius 2 is 2.05 bits per heavy atom. The van der Waals surface area contributed by atoms with Crippen LogP contribution in [0.1, 0.15) is 38.4 Å². The average molecular weight is 289 g/mol. The summed E-state index contributed by atoms with van der Waals surface area (Å²) in [7, 11) is 0. The molecule has 0 saturated carbocycles. The van der Waals surface area contributed by atoms with E-state index >= 15 is 0 Å². The molecule has 1 heterocycles. The standard InChI is InChI=1S/C16H19NO4/c1-3-6-12(16(19)20)17-15(18)10(2)14-9-11-7-4-5-8-13(11)21-14/h4-5,7-10,12H,3,6H2,1-2H3,(H,17,18)(H,19,20). The summed E-state index contributed by atoms with van der Waals surface area (Å²) in [5.74, 6) is -1.35. The van der Waals surface area contributed by atoms with Gasteiger partial charge < -0.3 is 14.8 Å². The maximum absolute atomic E-state index is 12.2. The zero-order chi connectivity index (χ0) is 15.4. The summed E-state index contributed by atoms with van der Waals surface area (Å²) in [4.78, 5) is 23.3. The van der Waals surface area contributed by atoms with Crippen molar-refractivity contribution in [1.82, 2.24) is 5.32 Å². The summed E-state index contributed by atoms with van der Waals surface area (Å²) in [5.41, 5.74) is 0.718. The number of carboxylic acids is 1. The van der Waals surface area contributed by atoms with Crippen molar-refractivity contribution >= 4 is 22.8 Å². The fourth-order valence-corrected chi connectivity index (χ4v) is 2.19. The summed E-state index contributed by atoms with van der Waals surface area (Å²) in [5, 5.41) is 12.6. The van der Waals surface area contributed by atoms with E-state index < -0.39 is 17.9 Å². The Kier molecular flexibility index (Phi) is 4.62. The Balaban J connectivity index is 2.12. The van der Waals surface area contributed by atoms with Crippen LogP contribution in [0.4, 0.5) is 0 Å². The van der Waals surface area contributed by atoms with Gasteiger partial charge in [0.05, 0.1) is 5.92 Å². The molecule has 5 heteroatoms. The molecule has 2 N–H and O–H groups in total. The van der Waals surface area contributed by atoms with Crippen molar-refractivity contribution in [2.75, 3.05) is 0 Å². The molecule has 5 nitrogen and oxygen atoms in total. The Morgan fingerprint density at radius 1 is 1.33 bits per heavy atom. The quantitative estimate of drug-likeness (QED) is 0.857. The van der Waals surface area contributed by atoms with Gasteiger partial charge in [-0.15, -0.1) is 0 Å². The summed E-state index contributed by atoms with van der Waals surface area (Å²) >= 11 is 0. The van der Waals surface area contributed by atoms with Gasteiger partial charge in [0, 0.05) is 5.39 Å². The van der Waals surface area contributed by atoms with E-state index in [1.807, 2.05) is 37.3 Å². The lowest BCUT2D eigenvalue weighted by molar-refractivity contribution is -0.142. The Labute approximate surface area is 122 Å². The highest BCUT2D eigenvalue weighted by atomic mass is 16.4. The second-order valence-electron chi connectivity index (χ2n) is 5.10. The first-order valence-corrected chi connectivity index (χ1v) is 7.04. The third-order valence-corrected chi connectivity index (χ3v) is 3.46. The third kappa shape index (κ3) is 3.42. The Bertz CT molecular complexity index is 614. The van der Waals surface area contributed by atoms with Crippen molar-refractivity contribution in [3.63, 3.8) is 0 Å². The summed E-state index contributed by atoms with van der Waals surface area (Å²) in [6.07, 6.45) is 1.10. The van der Waals surface area contributed by atoms with E-state index in [4.69, 9.17) is 9.52 Å². The number of rotatable bonds is 6. The topological polar surface area (TPSA) is 79.5 Å². The highest BCUT2D eigenvalue weighted by Crippen LogP contribution is 2.25. The number of amides is 1. The molecule has 0 spiro atoms. The molecule has 1 aromatic carbocycles. The number of carbonyl (C=O) groups is 2. The molecule has 1 amide bonds. The van der Waals surface area contributed by atoms with Crippen molar-refractivity contribution in [3.8, 4) is 0 Å². The van der Waals surface area contributed by atoms with Crippen LogP contribution in [0, 0.1) is 0 Å². The lowest BCUT2D eigenvalue weighted by Gasteiger charge is -2.16. The van der Waals surface area contributed by atoms with Gasteiger partial charge in [0.15, 0.2) is 0 Å². The van der Waals surface area contributed by atoms with Gasteiger partial charge in [-0.2, -0.15) is 0 Å². The number of nitrogens with one attached hydrogen (secondary N) is 1. The normalized spacial score (nSPS) is 13.8. The number of aliphatic carboxylic acids is 1. The van der Waals surface area contributed by atoms with E-state index in [-0.39, 0.29) is 5.91 Å². The molecule has 1 aromatic heterocycles. The van der Waals surface area contributed by atoms with Crippen molar-refractivity contribution < 1.29 is 19.1 Å². The van der Waals surface area contributed by atoms with E-state index in [1.165, 1.54) is 0 Å². The largest absolute Gasteiger partial charge is 0.480 e. The monoisotopic (exact) mass is 289 g/mol. The van der Waals surface area contributed by atoms with Crippen LogP contribution < -0.4 is 5.32 Å². The Morgan fingerprint density at radius 3 is 2.67 bits per heavy atom. The third-order valence-electron chi connectivity index (χ3n) is 3.46. The second-order valence-corrected chi connectivity index (χ2v) is 5.10. The predicted octanol–water partition coefficient (Wildman–Crippen LogP) is 2.91. The van der Waals surface area contributed by atoms with Gasteiger partial charge in [-0.25, -0.2) is 4.79 Å². The van der Waals surface area contributed by atoms with Gasteiger partial charge in [-0.05, 0) is 25.5 Å². The molecule has 2 atom stereocenters. The maximum atomic E-state index is 12.2. The first-order chi connectivity index (χ1) is 10.0. The van der Waals surface area contributed by atoms with Crippen molar-refractivity contribution in [1.29, 1.82) is 0 Å². The molecule has 0 radical (unpaired) electrons. The molecular formula is C16H19NO4. The van der Waals surface area contributed by atoms with Crippen LogP contribution in [0.5, 0.6) is 0 Å². The van der Waals surface area contributed by atoms with Gasteiger partial charge in [-0.1, -0.05) is 31.5 Å². The van der Waals surface area contributed by atoms with E-state index in [9.17, 15) is 9.59 Å². The Hall–Kier alpha value is -2.30. The van der Waals surface area contributed by atoms with Crippen LogP contribution in [-0.4, -0.2) is 23.0 Å². The summed E-state index contributed by atoms with van der Waals surface area (Å²) < 4.78 is 5.64. The van der Waals surface area contributed by atoms with Crippen LogP contribution in [0.2, 0.25) is 0 Å². The number of hydrogen-bond acceptors (Lipinski definition) is 3. The van der Waals surface area contributed by atoms with Crippen LogP contribution in [0.15, 0.2) is 34.7 Å². The number of carboxylic acid groups (broad SMARTS) is 1. The van der Waals surface area contributed by atoms with E-state index in [0.717, 1.165) is 11.0 Å². The molecule has 21 heavy (non-hydrogen) atoms. The number of fused-ring (bicyclic) bond motifs is 1. The average Bonchev–Trinajstić information content (AvgIpc) is 2.89. The molecule has 2 unspecified atom stereocenters. The summed E-state index contributed by atoms with van der Waals surface area (Å²) in [6.45, 7) is 3.59. The molecular weight excluding hydrogens is 270 g/mol. The van der Waals surface area contributed by atoms with Crippen LogP contribution >= 0.6 is 0 Å². The first-order valence-electron chi connectivity index (χ1n) is 7.04. The maximum Gasteiger partial charge on any atom is 0.326 e. The van der Waals surface area contributed by atoms with Gasteiger partial charge in [0.25, 0.3) is 0 Å². The zero-order valence-corrected chi connectivity index (χ0v) is 12.1. The molecule has 112 valence electrons. The first kappa shape index (κ1) is 15.1. The molecule has 0 saturated heterocycles. The second kappa shape index (κ2) is 6.43. The molecule has 0 bridgehead atoms. The molecule has 0 fully saturated rings. The van der Waals surface area contributed by atoms with E-state index in [2.05, 4.69) is 5.32 Å². The van der Waals surface area contributed by atoms with Gasteiger partial charge in [0.1, 0.15) is 17.4 Å². The van der Waals surface area contributed by atoms with Gasteiger partial charge in [0.2, 0.25) is 5.91 Å². The minimum atomic E-state index is -1.01. The number of hydrogen-bond donors (Lipinski definition) is 2. The fourth-order valence-electron chi connectivity index (χ4n) is 2.19. The van der Waals surface area contributed by atoms with Crippen molar-refractivity contribution in [2.24, 2.45) is 0 Å². The molecule has 2 rings (SSSR count). The SMILES string of the molecule is CCCC(NC(=O)C(C)c1cc2ccccc2o1)C(=O)O. The predicted molar refractivity (Wildman–Crippen MR) is 79.1 cm³/mol. The highest BCUT2D eigenvalue weighted by Gasteiger charge is 2.25. The lowest BCUT2D eigenvalue weighted by atomic mass is 10.1. The number of benzene rings is 1. The number of carbonyl (C=O) groups excluding carboxylic acids is 1. The minimum Gasteiger partial charge on any atom is -0.480 e. The molecule has 0 aliphatic carbocycles. The molecule has 0 aliphatic rings. The number of furan rings is 1. The van der Waals surface area contributed by atoms with Gasteiger partial charge >= 0.3 is 5.97 Å². The fraction of sp³-hybridized carbons (Fsp3) is 0.375. The lowest BCUT2D eigenvalue weighted by Crippen LogP contribution is -2.42. The number of para-hydroxylation sites is 1. The molecule has 0 aliphatic heterocycles. The zero-order valence-electron chi connectivity index (χ0n) is 12.1. The van der Waals surface area contributed by atoms with Crippen molar-refractivity contribution in [3.05, 3.63) is 36.1 Å². The summed E-state index contributed by atoms with van der Waals surface area (Å²) in [6, 6.07) is 8.46. The van der Waals surface area contributed by atoms with Gasteiger partial charge in [-0.3, -0.25) is 4.79 Å². The van der Waals surface area contributed by atoms with Crippen molar-refractivity contribution in [2.45, 2.75) is 38.6 Å².